The SMILES string of the molecule is CCNC(=NCCc1ccncc1C)N1CCN(c2ccccc2F)CC1.I. The van der Waals surface area contributed by atoms with Gasteiger partial charge in [0.15, 0.2) is 5.96 Å². The summed E-state index contributed by atoms with van der Waals surface area (Å²) in [5.74, 6) is 0.789. The number of piperazine rings is 1. The van der Waals surface area contributed by atoms with Crippen LogP contribution in [0.4, 0.5) is 10.1 Å². The van der Waals surface area contributed by atoms with E-state index in [1.54, 1.807) is 6.07 Å². The number of aryl methyl sites for hydroxylation is 1. The van der Waals surface area contributed by atoms with E-state index in [0.29, 0.717) is 5.69 Å². The molecule has 1 fully saturated rings. The zero-order valence-electron chi connectivity index (χ0n) is 16.6. The molecule has 152 valence electrons. The van der Waals surface area contributed by atoms with E-state index < -0.39 is 0 Å². The van der Waals surface area contributed by atoms with Gasteiger partial charge >= 0.3 is 0 Å². The van der Waals surface area contributed by atoms with Crippen molar-refractivity contribution >= 4 is 35.6 Å². The van der Waals surface area contributed by atoms with Crippen LogP contribution in [-0.4, -0.2) is 55.1 Å². The van der Waals surface area contributed by atoms with Gasteiger partial charge in [0.1, 0.15) is 5.82 Å². The number of nitrogens with zero attached hydrogens (tertiary/aromatic N) is 4. The number of nitrogens with one attached hydrogen (secondary N) is 1. The van der Waals surface area contributed by atoms with Gasteiger partial charge in [0.25, 0.3) is 0 Å². The molecule has 1 aliphatic heterocycles. The molecule has 0 spiro atoms. The highest BCUT2D eigenvalue weighted by atomic mass is 127. The number of para-hydroxylation sites is 1. The standard InChI is InChI=1S/C21H28FN5.HI/c1-3-24-21(25-11-9-18-8-10-23-16-17(18)2)27-14-12-26(13-15-27)20-7-5-4-6-19(20)22;/h4-8,10,16H,3,9,11-15H2,1-2H3,(H,24,25);1H. The largest absolute Gasteiger partial charge is 0.366 e. The number of pyridine rings is 1. The van der Waals surface area contributed by atoms with E-state index in [9.17, 15) is 4.39 Å². The summed E-state index contributed by atoms with van der Waals surface area (Å²) in [6.07, 6.45) is 4.63. The summed E-state index contributed by atoms with van der Waals surface area (Å²) in [4.78, 5) is 13.3. The summed E-state index contributed by atoms with van der Waals surface area (Å²) >= 11 is 0. The Morgan fingerprint density at radius 1 is 1.18 bits per heavy atom. The molecule has 0 bridgehead atoms. The molecular formula is C21H29FIN5. The van der Waals surface area contributed by atoms with Gasteiger partial charge < -0.3 is 15.1 Å². The highest BCUT2D eigenvalue weighted by Gasteiger charge is 2.21. The average molecular weight is 497 g/mol. The van der Waals surface area contributed by atoms with Crippen molar-refractivity contribution in [3.8, 4) is 0 Å². The van der Waals surface area contributed by atoms with Crippen LogP contribution in [0.1, 0.15) is 18.1 Å². The molecule has 2 heterocycles. The van der Waals surface area contributed by atoms with Gasteiger partial charge in [-0.05, 0) is 49.6 Å². The predicted molar refractivity (Wildman–Crippen MR) is 124 cm³/mol. The third kappa shape index (κ3) is 5.80. The molecule has 3 rings (SSSR count). The minimum Gasteiger partial charge on any atom is -0.366 e. The molecule has 1 N–H and O–H groups in total. The fourth-order valence-electron chi connectivity index (χ4n) is 3.36. The van der Waals surface area contributed by atoms with Crippen LogP contribution in [0.5, 0.6) is 0 Å². The van der Waals surface area contributed by atoms with Gasteiger partial charge in [-0.15, -0.1) is 24.0 Å². The molecule has 2 aromatic rings. The van der Waals surface area contributed by atoms with Gasteiger partial charge in [0.05, 0.1) is 5.69 Å². The number of aromatic nitrogens is 1. The fraction of sp³-hybridized carbons (Fsp3) is 0.429. The molecule has 0 aliphatic carbocycles. The van der Waals surface area contributed by atoms with Crippen molar-refractivity contribution in [1.82, 2.24) is 15.2 Å². The lowest BCUT2D eigenvalue weighted by molar-refractivity contribution is 0.371. The zero-order chi connectivity index (χ0) is 19.1. The maximum Gasteiger partial charge on any atom is 0.194 e. The Morgan fingerprint density at radius 2 is 1.93 bits per heavy atom. The van der Waals surface area contributed by atoms with Crippen molar-refractivity contribution in [3.63, 3.8) is 0 Å². The number of guanidine groups is 1. The van der Waals surface area contributed by atoms with Crippen molar-refractivity contribution in [2.24, 2.45) is 4.99 Å². The first-order valence-corrected chi connectivity index (χ1v) is 9.61. The third-order valence-corrected chi connectivity index (χ3v) is 4.89. The molecule has 1 aromatic carbocycles. The number of hydrogen-bond acceptors (Lipinski definition) is 3. The second kappa shape index (κ2) is 11.2. The predicted octanol–water partition coefficient (Wildman–Crippen LogP) is 3.48. The molecule has 0 amide bonds. The summed E-state index contributed by atoms with van der Waals surface area (Å²) in [6, 6.07) is 9.05. The number of anilines is 1. The van der Waals surface area contributed by atoms with Gasteiger partial charge in [-0.25, -0.2) is 4.39 Å². The number of hydrogen-bond donors (Lipinski definition) is 1. The van der Waals surface area contributed by atoms with E-state index in [1.807, 2.05) is 24.5 Å². The Bertz CT molecular complexity index is 775. The Labute approximate surface area is 184 Å². The first-order valence-electron chi connectivity index (χ1n) is 9.61. The van der Waals surface area contributed by atoms with Crippen LogP contribution in [0.25, 0.3) is 0 Å². The second-order valence-electron chi connectivity index (χ2n) is 6.71. The minimum absolute atomic E-state index is 0. The second-order valence-corrected chi connectivity index (χ2v) is 6.71. The lowest BCUT2D eigenvalue weighted by Gasteiger charge is -2.37. The van der Waals surface area contributed by atoms with E-state index in [0.717, 1.165) is 51.6 Å². The van der Waals surface area contributed by atoms with E-state index >= 15 is 0 Å². The van der Waals surface area contributed by atoms with Gasteiger partial charge in [-0.1, -0.05) is 12.1 Å². The van der Waals surface area contributed by atoms with E-state index in [2.05, 4.69) is 40.0 Å². The summed E-state index contributed by atoms with van der Waals surface area (Å²) in [5, 5.41) is 3.39. The van der Waals surface area contributed by atoms with Crippen LogP contribution in [-0.2, 0) is 6.42 Å². The van der Waals surface area contributed by atoms with Crippen molar-refractivity contribution in [1.29, 1.82) is 0 Å². The zero-order valence-corrected chi connectivity index (χ0v) is 18.9. The Balaban J connectivity index is 0.00000280. The van der Waals surface area contributed by atoms with Crippen LogP contribution in [0.3, 0.4) is 0 Å². The van der Waals surface area contributed by atoms with Crippen molar-refractivity contribution < 1.29 is 4.39 Å². The van der Waals surface area contributed by atoms with Gasteiger partial charge in [-0.3, -0.25) is 9.98 Å². The molecular weight excluding hydrogens is 468 g/mol. The maximum absolute atomic E-state index is 14.0. The lowest BCUT2D eigenvalue weighted by Crippen LogP contribution is -2.52. The molecule has 0 radical (unpaired) electrons. The topological polar surface area (TPSA) is 43.8 Å². The highest BCUT2D eigenvalue weighted by molar-refractivity contribution is 14.0. The van der Waals surface area contributed by atoms with E-state index in [4.69, 9.17) is 4.99 Å². The lowest BCUT2D eigenvalue weighted by atomic mass is 10.1. The minimum atomic E-state index is -0.153. The van der Waals surface area contributed by atoms with Crippen molar-refractivity contribution in [3.05, 3.63) is 59.7 Å². The van der Waals surface area contributed by atoms with Crippen LogP contribution >= 0.6 is 24.0 Å². The number of benzene rings is 1. The molecule has 5 nitrogen and oxygen atoms in total. The van der Waals surface area contributed by atoms with Crippen LogP contribution in [0.15, 0.2) is 47.7 Å². The monoisotopic (exact) mass is 497 g/mol. The fourth-order valence-corrected chi connectivity index (χ4v) is 3.36. The number of rotatable bonds is 5. The summed E-state index contributed by atoms with van der Waals surface area (Å²) in [7, 11) is 0. The maximum atomic E-state index is 14.0. The van der Waals surface area contributed by atoms with Gasteiger partial charge in [0, 0.05) is 51.7 Å². The van der Waals surface area contributed by atoms with Crippen molar-refractivity contribution in [2.75, 3.05) is 44.2 Å². The van der Waals surface area contributed by atoms with Crippen LogP contribution in [0.2, 0.25) is 0 Å². The normalized spacial score (nSPS) is 14.6. The molecule has 1 aliphatic rings. The summed E-state index contributed by atoms with van der Waals surface area (Å²) < 4.78 is 14.0. The quantitative estimate of drug-likeness (QED) is 0.391. The molecule has 0 unspecified atom stereocenters. The first kappa shape index (κ1) is 22.4. The summed E-state index contributed by atoms with van der Waals surface area (Å²) in [5.41, 5.74) is 3.18. The van der Waals surface area contributed by atoms with E-state index in [-0.39, 0.29) is 29.8 Å². The molecule has 28 heavy (non-hydrogen) atoms. The molecule has 0 atom stereocenters. The first-order chi connectivity index (χ1) is 13.2. The molecule has 7 heteroatoms. The van der Waals surface area contributed by atoms with Gasteiger partial charge in [0.2, 0.25) is 0 Å². The number of aliphatic imine (C=N–C) groups is 1. The van der Waals surface area contributed by atoms with Gasteiger partial charge in [-0.2, -0.15) is 0 Å². The third-order valence-electron chi connectivity index (χ3n) is 4.89. The van der Waals surface area contributed by atoms with Crippen molar-refractivity contribution in [2.45, 2.75) is 20.3 Å². The molecule has 0 saturated carbocycles. The molecule has 1 saturated heterocycles. The Morgan fingerprint density at radius 3 is 2.61 bits per heavy atom. The van der Waals surface area contributed by atoms with Crippen LogP contribution in [0, 0.1) is 12.7 Å². The Hall–Kier alpha value is -1.90. The summed E-state index contributed by atoms with van der Waals surface area (Å²) in [6.45, 7) is 8.96. The molecule has 1 aromatic heterocycles. The smallest absolute Gasteiger partial charge is 0.194 e. The highest BCUT2D eigenvalue weighted by Crippen LogP contribution is 2.20. The average Bonchev–Trinajstić information content (AvgIpc) is 2.69. The van der Waals surface area contributed by atoms with E-state index in [1.165, 1.54) is 17.2 Å². The Kier molecular flexibility index (Phi) is 8.95. The van der Waals surface area contributed by atoms with Crippen LogP contribution < -0.4 is 10.2 Å². The number of halogens is 2.